The molecule has 7 nitrogen and oxygen atoms in total. The summed E-state index contributed by atoms with van der Waals surface area (Å²) in [6.45, 7) is 21.6. The summed E-state index contributed by atoms with van der Waals surface area (Å²) in [6.07, 6.45) is 1.82. The second-order valence-corrected chi connectivity index (χ2v) is 11.8. The van der Waals surface area contributed by atoms with E-state index in [0.717, 1.165) is 29.5 Å². The number of carbonyl (C=O) groups excluding carboxylic acids is 3. The Kier molecular flexibility index (Phi) is 11.5. The summed E-state index contributed by atoms with van der Waals surface area (Å²) in [7, 11) is 0. The monoisotopic (exact) mass is 503 g/mol. The van der Waals surface area contributed by atoms with Crippen molar-refractivity contribution in [1.82, 2.24) is 15.5 Å². The van der Waals surface area contributed by atoms with Gasteiger partial charge in [0.1, 0.15) is 17.7 Å². The van der Waals surface area contributed by atoms with Crippen molar-refractivity contribution in [2.45, 2.75) is 119 Å². The zero-order chi connectivity index (χ0) is 27.8. The van der Waals surface area contributed by atoms with E-state index in [1.165, 1.54) is 0 Å². The number of hydrogen-bond acceptors (Lipinski definition) is 4. The second-order valence-electron chi connectivity index (χ2n) is 11.8. The van der Waals surface area contributed by atoms with Crippen LogP contribution in [-0.2, 0) is 14.3 Å². The van der Waals surface area contributed by atoms with Gasteiger partial charge in [-0.25, -0.2) is 4.79 Å². The van der Waals surface area contributed by atoms with Gasteiger partial charge in [0, 0.05) is 12.1 Å². The number of aryl methyl sites for hydroxylation is 2. The minimum Gasteiger partial charge on any atom is -0.444 e. The molecule has 204 valence electrons. The van der Waals surface area contributed by atoms with E-state index < -0.39 is 29.3 Å². The molecule has 0 radical (unpaired) electrons. The van der Waals surface area contributed by atoms with Crippen molar-refractivity contribution >= 4 is 17.9 Å². The van der Waals surface area contributed by atoms with Crippen LogP contribution in [0.3, 0.4) is 0 Å². The normalized spacial score (nSPS) is 14.4. The van der Waals surface area contributed by atoms with Gasteiger partial charge in [0.15, 0.2) is 0 Å². The van der Waals surface area contributed by atoms with E-state index in [2.05, 4.69) is 17.6 Å². The molecule has 0 fully saturated rings. The van der Waals surface area contributed by atoms with Gasteiger partial charge in [-0.1, -0.05) is 51.8 Å². The predicted molar refractivity (Wildman–Crippen MR) is 146 cm³/mol. The van der Waals surface area contributed by atoms with E-state index in [-0.39, 0.29) is 17.7 Å². The number of unbranched alkanes of at least 4 members (excludes halogenated alkanes) is 1. The Hall–Kier alpha value is -2.57. The molecule has 0 bridgehead atoms. The molecule has 3 amide bonds. The first kappa shape index (κ1) is 31.5. The zero-order valence-corrected chi connectivity index (χ0v) is 24.4. The molecule has 0 aliphatic heterocycles. The molecule has 2 N–H and O–H groups in total. The van der Waals surface area contributed by atoms with Crippen molar-refractivity contribution in [3.8, 4) is 0 Å². The van der Waals surface area contributed by atoms with E-state index in [9.17, 15) is 14.4 Å². The third kappa shape index (κ3) is 9.14. The fourth-order valence-electron chi connectivity index (χ4n) is 3.95. The van der Waals surface area contributed by atoms with E-state index in [1.807, 2.05) is 66.7 Å². The summed E-state index contributed by atoms with van der Waals surface area (Å²) < 4.78 is 5.47. The Morgan fingerprint density at radius 1 is 1.00 bits per heavy atom. The molecule has 36 heavy (non-hydrogen) atoms. The summed E-state index contributed by atoms with van der Waals surface area (Å²) in [5.74, 6) is -0.704. The van der Waals surface area contributed by atoms with Crippen LogP contribution in [0.1, 0.15) is 104 Å². The first-order valence-corrected chi connectivity index (χ1v) is 13.2. The first-order valence-electron chi connectivity index (χ1n) is 13.2. The number of nitrogens with one attached hydrogen (secondary N) is 2. The van der Waals surface area contributed by atoms with Gasteiger partial charge in [-0.2, -0.15) is 0 Å². The lowest BCUT2D eigenvalue weighted by molar-refractivity contribution is -0.149. The number of carbonyl (C=O) groups is 3. The lowest BCUT2D eigenvalue weighted by Gasteiger charge is -2.44. The van der Waals surface area contributed by atoms with E-state index in [4.69, 9.17) is 4.74 Å². The number of rotatable bonds is 10. The van der Waals surface area contributed by atoms with E-state index in [0.29, 0.717) is 13.0 Å². The maximum atomic E-state index is 14.3. The van der Waals surface area contributed by atoms with Gasteiger partial charge in [-0.05, 0) is 84.4 Å². The quantitative estimate of drug-likeness (QED) is 0.393. The summed E-state index contributed by atoms with van der Waals surface area (Å²) in [5, 5.41) is 5.84. The number of hydrogen-bond donors (Lipinski definition) is 2. The Balaban J connectivity index is 3.60. The highest BCUT2D eigenvalue weighted by Gasteiger charge is 2.43. The SMILES string of the molecule is CCCCNC(=O)C(c1ccc(C)c(C)c1)N(C(=O)C(NC(=O)OC(C)(C)C)C(C)CC)C(C)(C)C. The maximum Gasteiger partial charge on any atom is 0.408 e. The largest absolute Gasteiger partial charge is 0.444 e. The summed E-state index contributed by atoms with van der Waals surface area (Å²) in [6, 6.07) is 4.18. The molecule has 1 aromatic rings. The molecule has 0 aromatic heterocycles. The third-order valence-electron chi connectivity index (χ3n) is 6.29. The fourth-order valence-corrected chi connectivity index (χ4v) is 3.95. The van der Waals surface area contributed by atoms with E-state index >= 15 is 0 Å². The molecule has 0 spiro atoms. The average molecular weight is 504 g/mol. The maximum absolute atomic E-state index is 14.3. The minimum atomic E-state index is -0.847. The van der Waals surface area contributed by atoms with Crippen molar-refractivity contribution in [1.29, 1.82) is 0 Å². The van der Waals surface area contributed by atoms with Gasteiger partial charge in [-0.3, -0.25) is 9.59 Å². The Labute approximate surface area is 218 Å². The molecule has 0 aliphatic rings. The van der Waals surface area contributed by atoms with Crippen LogP contribution in [0, 0.1) is 19.8 Å². The number of benzene rings is 1. The van der Waals surface area contributed by atoms with Crippen molar-refractivity contribution < 1.29 is 19.1 Å². The van der Waals surface area contributed by atoms with Gasteiger partial charge in [0.05, 0.1) is 0 Å². The number of ether oxygens (including phenoxy) is 1. The zero-order valence-electron chi connectivity index (χ0n) is 24.4. The second kappa shape index (κ2) is 13.1. The van der Waals surface area contributed by atoms with Gasteiger partial charge in [-0.15, -0.1) is 0 Å². The molecule has 3 unspecified atom stereocenters. The molecule has 0 saturated heterocycles. The van der Waals surface area contributed by atoms with Crippen LogP contribution < -0.4 is 10.6 Å². The standard InChI is InChI=1S/C29H49N3O4/c1-12-14-17-30-25(33)24(22-16-15-20(4)21(5)18-22)32(28(6,7)8)26(34)23(19(3)13-2)31-27(35)36-29(9,10)11/h15-16,18-19,23-24H,12-14,17H2,1-11H3,(H,30,33)(H,31,35). The van der Waals surface area contributed by atoms with Crippen LogP contribution in [-0.4, -0.2) is 46.5 Å². The number of amides is 3. The van der Waals surface area contributed by atoms with Crippen LogP contribution in [0.25, 0.3) is 0 Å². The van der Waals surface area contributed by atoms with Crippen molar-refractivity contribution in [3.05, 3.63) is 34.9 Å². The molecule has 0 heterocycles. The highest BCUT2D eigenvalue weighted by molar-refractivity contribution is 5.92. The minimum absolute atomic E-state index is 0.168. The average Bonchev–Trinajstić information content (AvgIpc) is 2.74. The van der Waals surface area contributed by atoms with Gasteiger partial charge >= 0.3 is 6.09 Å². The van der Waals surface area contributed by atoms with Crippen LogP contribution in [0.4, 0.5) is 4.79 Å². The number of alkyl carbamates (subject to hydrolysis) is 1. The molecule has 1 rings (SSSR count). The Morgan fingerprint density at radius 2 is 1.61 bits per heavy atom. The molecule has 3 atom stereocenters. The van der Waals surface area contributed by atoms with E-state index in [1.54, 1.807) is 25.7 Å². The molecule has 0 aliphatic carbocycles. The lowest BCUT2D eigenvalue weighted by Crippen LogP contribution is -2.60. The Morgan fingerprint density at radius 3 is 2.08 bits per heavy atom. The highest BCUT2D eigenvalue weighted by Crippen LogP contribution is 2.32. The summed E-state index contributed by atoms with van der Waals surface area (Å²) >= 11 is 0. The van der Waals surface area contributed by atoms with Crippen molar-refractivity contribution in [2.24, 2.45) is 5.92 Å². The summed E-state index contributed by atoms with van der Waals surface area (Å²) in [5.41, 5.74) is 1.50. The lowest BCUT2D eigenvalue weighted by atomic mass is 9.91. The molecule has 0 saturated carbocycles. The van der Waals surface area contributed by atoms with Gasteiger partial charge in [0.2, 0.25) is 11.8 Å². The molecule has 7 heteroatoms. The topological polar surface area (TPSA) is 87.7 Å². The fraction of sp³-hybridized carbons (Fsp3) is 0.690. The molecular weight excluding hydrogens is 454 g/mol. The summed E-state index contributed by atoms with van der Waals surface area (Å²) in [4.78, 5) is 42.3. The smallest absolute Gasteiger partial charge is 0.408 e. The van der Waals surface area contributed by atoms with Crippen LogP contribution in [0.5, 0.6) is 0 Å². The number of nitrogens with zero attached hydrogens (tertiary/aromatic N) is 1. The van der Waals surface area contributed by atoms with Crippen LogP contribution >= 0.6 is 0 Å². The van der Waals surface area contributed by atoms with Crippen molar-refractivity contribution in [3.63, 3.8) is 0 Å². The van der Waals surface area contributed by atoms with Crippen molar-refractivity contribution in [2.75, 3.05) is 6.54 Å². The highest BCUT2D eigenvalue weighted by atomic mass is 16.6. The van der Waals surface area contributed by atoms with Crippen LogP contribution in [0.15, 0.2) is 18.2 Å². The molecule has 1 aromatic carbocycles. The first-order chi connectivity index (χ1) is 16.5. The van der Waals surface area contributed by atoms with Gasteiger partial charge in [0.25, 0.3) is 0 Å². The Bertz CT molecular complexity index is 899. The third-order valence-corrected chi connectivity index (χ3v) is 6.29. The predicted octanol–water partition coefficient (Wildman–Crippen LogP) is 5.83. The van der Waals surface area contributed by atoms with Gasteiger partial charge < -0.3 is 20.3 Å². The van der Waals surface area contributed by atoms with Crippen LogP contribution in [0.2, 0.25) is 0 Å². The molecular formula is C29H49N3O4.